The van der Waals surface area contributed by atoms with Crippen LogP contribution >= 0.6 is 11.6 Å². The zero-order valence-corrected chi connectivity index (χ0v) is 11.1. The third-order valence-corrected chi connectivity index (χ3v) is 3.19. The van der Waals surface area contributed by atoms with Crippen molar-refractivity contribution in [3.05, 3.63) is 53.1 Å². The molecule has 0 aliphatic rings. The van der Waals surface area contributed by atoms with Crippen LogP contribution in [-0.2, 0) is 19.9 Å². The Hall–Kier alpha value is -1.36. The largest absolute Gasteiger partial charge is 0.338 e. The minimum atomic E-state index is 0.143. The van der Waals surface area contributed by atoms with Gasteiger partial charge >= 0.3 is 0 Å². The van der Waals surface area contributed by atoms with Crippen molar-refractivity contribution in [2.45, 2.75) is 18.9 Å². The van der Waals surface area contributed by atoms with Gasteiger partial charge < -0.3 is 4.57 Å². The van der Waals surface area contributed by atoms with Crippen LogP contribution in [0, 0.1) is 0 Å². The van der Waals surface area contributed by atoms with Gasteiger partial charge in [0.05, 0.1) is 0 Å². The smallest absolute Gasteiger partial charge is 0.109 e. The fourth-order valence-corrected chi connectivity index (χ4v) is 2.16. The maximum absolute atomic E-state index is 5.97. The van der Waals surface area contributed by atoms with Gasteiger partial charge in [-0.2, -0.15) is 0 Å². The summed E-state index contributed by atoms with van der Waals surface area (Å²) < 4.78 is 2.00. The SMILES string of the molecule is Cn1ccnc1CC(Cc1cccc(Cl)c1)NN. The molecule has 0 aliphatic carbocycles. The predicted molar refractivity (Wildman–Crippen MR) is 73.2 cm³/mol. The van der Waals surface area contributed by atoms with Gasteiger partial charge in [0.15, 0.2) is 0 Å². The number of aryl methyl sites for hydroxylation is 1. The fraction of sp³-hybridized carbons (Fsp3) is 0.308. The van der Waals surface area contributed by atoms with Crippen molar-refractivity contribution >= 4 is 11.6 Å². The number of imidazole rings is 1. The van der Waals surface area contributed by atoms with Gasteiger partial charge in [-0.05, 0) is 24.1 Å². The van der Waals surface area contributed by atoms with Gasteiger partial charge in [-0.25, -0.2) is 4.98 Å². The summed E-state index contributed by atoms with van der Waals surface area (Å²) in [5, 5.41) is 0.750. The van der Waals surface area contributed by atoms with Crippen LogP contribution in [0.25, 0.3) is 0 Å². The van der Waals surface area contributed by atoms with E-state index in [2.05, 4.69) is 16.5 Å². The Morgan fingerprint density at radius 3 is 2.89 bits per heavy atom. The van der Waals surface area contributed by atoms with Crippen molar-refractivity contribution in [2.75, 3.05) is 0 Å². The summed E-state index contributed by atoms with van der Waals surface area (Å²) >= 11 is 5.97. The number of nitrogens with one attached hydrogen (secondary N) is 1. The van der Waals surface area contributed by atoms with E-state index in [4.69, 9.17) is 17.4 Å². The van der Waals surface area contributed by atoms with E-state index < -0.39 is 0 Å². The normalized spacial score (nSPS) is 12.6. The quantitative estimate of drug-likeness (QED) is 0.638. The molecule has 0 spiro atoms. The molecular formula is C13H17ClN4. The molecule has 2 aromatic rings. The lowest BCUT2D eigenvalue weighted by Crippen LogP contribution is -2.39. The second-order valence-corrected chi connectivity index (χ2v) is 4.79. The average molecular weight is 265 g/mol. The summed E-state index contributed by atoms with van der Waals surface area (Å²) in [7, 11) is 1.98. The molecule has 3 N–H and O–H groups in total. The molecule has 0 radical (unpaired) electrons. The Morgan fingerprint density at radius 2 is 2.28 bits per heavy atom. The van der Waals surface area contributed by atoms with Crippen molar-refractivity contribution < 1.29 is 0 Å². The molecule has 0 saturated heterocycles. The van der Waals surface area contributed by atoms with Crippen molar-refractivity contribution in [1.29, 1.82) is 0 Å². The number of hydrazine groups is 1. The molecule has 1 unspecified atom stereocenters. The number of hydrogen-bond donors (Lipinski definition) is 2. The number of aromatic nitrogens is 2. The molecule has 0 saturated carbocycles. The number of hydrogen-bond acceptors (Lipinski definition) is 3. The minimum Gasteiger partial charge on any atom is -0.338 e. The maximum atomic E-state index is 5.97. The molecular weight excluding hydrogens is 248 g/mol. The van der Waals surface area contributed by atoms with Crippen molar-refractivity contribution in [3.63, 3.8) is 0 Å². The highest BCUT2D eigenvalue weighted by Crippen LogP contribution is 2.13. The first-order valence-corrected chi connectivity index (χ1v) is 6.23. The summed E-state index contributed by atoms with van der Waals surface area (Å²) in [5.74, 6) is 6.62. The summed E-state index contributed by atoms with van der Waals surface area (Å²) in [6.07, 6.45) is 5.33. The maximum Gasteiger partial charge on any atom is 0.109 e. The van der Waals surface area contributed by atoms with Crippen LogP contribution in [0.5, 0.6) is 0 Å². The van der Waals surface area contributed by atoms with Gasteiger partial charge in [-0.1, -0.05) is 23.7 Å². The van der Waals surface area contributed by atoms with Crippen LogP contribution in [0.3, 0.4) is 0 Å². The van der Waals surface area contributed by atoms with Crippen LogP contribution in [0.4, 0.5) is 0 Å². The highest BCUT2D eigenvalue weighted by molar-refractivity contribution is 6.30. The highest BCUT2D eigenvalue weighted by atomic mass is 35.5. The molecule has 1 atom stereocenters. The molecule has 0 fully saturated rings. The zero-order valence-electron chi connectivity index (χ0n) is 10.3. The monoisotopic (exact) mass is 264 g/mol. The lowest BCUT2D eigenvalue weighted by atomic mass is 10.0. The molecule has 1 aromatic carbocycles. The van der Waals surface area contributed by atoms with Gasteiger partial charge in [0, 0.05) is 36.9 Å². The molecule has 1 heterocycles. The molecule has 18 heavy (non-hydrogen) atoms. The highest BCUT2D eigenvalue weighted by Gasteiger charge is 2.11. The predicted octanol–water partition coefficient (Wildman–Crippen LogP) is 1.69. The van der Waals surface area contributed by atoms with Crippen molar-refractivity contribution in [3.8, 4) is 0 Å². The van der Waals surface area contributed by atoms with Crippen LogP contribution < -0.4 is 11.3 Å². The zero-order chi connectivity index (χ0) is 13.0. The van der Waals surface area contributed by atoms with Crippen LogP contribution in [0.15, 0.2) is 36.7 Å². The number of benzene rings is 1. The summed E-state index contributed by atoms with van der Waals surface area (Å²) in [5.41, 5.74) is 4.01. The third kappa shape index (κ3) is 3.32. The topological polar surface area (TPSA) is 55.9 Å². The van der Waals surface area contributed by atoms with Crippen LogP contribution in [0.2, 0.25) is 5.02 Å². The number of nitrogens with two attached hydrogens (primary N) is 1. The summed E-state index contributed by atoms with van der Waals surface area (Å²) in [6.45, 7) is 0. The van der Waals surface area contributed by atoms with Crippen LogP contribution in [-0.4, -0.2) is 15.6 Å². The van der Waals surface area contributed by atoms with Gasteiger partial charge in [-0.3, -0.25) is 11.3 Å². The fourth-order valence-electron chi connectivity index (χ4n) is 1.95. The van der Waals surface area contributed by atoms with Gasteiger partial charge in [0.2, 0.25) is 0 Å². The minimum absolute atomic E-state index is 0.143. The first-order valence-electron chi connectivity index (χ1n) is 5.86. The standard InChI is InChI=1S/C13H17ClN4/c1-18-6-5-16-13(18)9-12(17-15)8-10-3-2-4-11(14)7-10/h2-7,12,17H,8-9,15H2,1H3. The van der Waals surface area contributed by atoms with Gasteiger partial charge in [0.25, 0.3) is 0 Å². The number of nitrogens with zero attached hydrogens (tertiary/aromatic N) is 2. The molecule has 2 rings (SSSR count). The van der Waals surface area contributed by atoms with E-state index in [0.717, 1.165) is 23.7 Å². The van der Waals surface area contributed by atoms with E-state index in [0.29, 0.717) is 0 Å². The van der Waals surface area contributed by atoms with Gasteiger partial charge in [-0.15, -0.1) is 0 Å². The molecule has 0 amide bonds. The summed E-state index contributed by atoms with van der Waals surface area (Å²) in [6, 6.07) is 7.98. The Labute approximate surface area is 112 Å². The van der Waals surface area contributed by atoms with E-state index in [-0.39, 0.29) is 6.04 Å². The van der Waals surface area contributed by atoms with Crippen molar-refractivity contribution in [2.24, 2.45) is 12.9 Å². The molecule has 96 valence electrons. The Kier molecular flexibility index (Phi) is 4.36. The second kappa shape index (κ2) is 6.00. The van der Waals surface area contributed by atoms with E-state index in [9.17, 15) is 0 Å². The van der Waals surface area contributed by atoms with Gasteiger partial charge in [0.1, 0.15) is 5.82 Å². The first-order chi connectivity index (χ1) is 8.69. The van der Waals surface area contributed by atoms with E-state index in [1.807, 2.05) is 36.0 Å². The first kappa shape index (κ1) is 13.1. The van der Waals surface area contributed by atoms with E-state index in [1.54, 1.807) is 6.20 Å². The summed E-state index contributed by atoms with van der Waals surface area (Å²) in [4.78, 5) is 4.30. The second-order valence-electron chi connectivity index (χ2n) is 4.36. The average Bonchev–Trinajstić information content (AvgIpc) is 2.74. The third-order valence-electron chi connectivity index (χ3n) is 2.96. The Balaban J connectivity index is 2.04. The Morgan fingerprint density at radius 1 is 1.44 bits per heavy atom. The van der Waals surface area contributed by atoms with Crippen molar-refractivity contribution in [1.82, 2.24) is 15.0 Å². The van der Waals surface area contributed by atoms with E-state index in [1.165, 1.54) is 5.56 Å². The molecule has 4 nitrogen and oxygen atoms in total. The van der Waals surface area contributed by atoms with Crippen LogP contribution in [0.1, 0.15) is 11.4 Å². The lowest BCUT2D eigenvalue weighted by molar-refractivity contribution is 0.505. The number of halogens is 1. The number of rotatable bonds is 5. The lowest BCUT2D eigenvalue weighted by Gasteiger charge is -2.15. The molecule has 1 aromatic heterocycles. The molecule has 0 aliphatic heterocycles. The van der Waals surface area contributed by atoms with E-state index >= 15 is 0 Å². The molecule has 0 bridgehead atoms. The Bertz CT molecular complexity index is 509. The molecule has 5 heteroatoms.